The highest BCUT2D eigenvalue weighted by Gasteiger charge is 2.16. The summed E-state index contributed by atoms with van der Waals surface area (Å²) >= 11 is 5.87. The van der Waals surface area contributed by atoms with E-state index in [1.165, 1.54) is 0 Å². The highest BCUT2D eigenvalue weighted by molar-refractivity contribution is 6.28. The van der Waals surface area contributed by atoms with E-state index in [1.807, 2.05) is 19.0 Å². The summed E-state index contributed by atoms with van der Waals surface area (Å²) in [7, 11) is 3.71. The van der Waals surface area contributed by atoms with Crippen LogP contribution in [0.3, 0.4) is 0 Å². The zero-order valence-electron chi connectivity index (χ0n) is 9.85. The van der Waals surface area contributed by atoms with Crippen LogP contribution in [0.1, 0.15) is 0 Å². The fourth-order valence-corrected chi connectivity index (χ4v) is 1.65. The maximum atomic E-state index is 5.87. The summed E-state index contributed by atoms with van der Waals surface area (Å²) in [6.45, 7) is 2.89. The molecule has 0 radical (unpaired) electrons. The molecule has 1 aliphatic heterocycles. The Kier molecular flexibility index (Phi) is 3.93. The van der Waals surface area contributed by atoms with E-state index in [0.717, 1.165) is 13.1 Å². The predicted octanol–water partition coefficient (Wildman–Crippen LogP) is 0.250. The summed E-state index contributed by atoms with van der Waals surface area (Å²) < 4.78 is 5.28. The molecule has 7 nitrogen and oxygen atoms in total. The number of ether oxygens (including phenoxy) is 1. The van der Waals surface area contributed by atoms with E-state index in [-0.39, 0.29) is 5.28 Å². The summed E-state index contributed by atoms with van der Waals surface area (Å²) in [6.07, 6.45) is 0. The number of anilines is 2. The van der Waals surface area contributed by atoms with Gasteiger partial charge in [-0.3, -0.25) is 5.43 Å². The summed E-state index contributed by atoms with van der Waals surface area (Å²) in [5, 5.41) is 1.93. The second kappa shape index (κ2) is 5.44. The number of hydrogen-bond donors (Lipinski definition) is 1. The van der Waals surface area contributed by atoms with Crippen LogP contribution < -0.4 is 10.3 Å². The van der Waals surface area contributed by atoms with Crippen molar-refractivity contribution in [2.24, 2.45) is 0 Å². The van der Waals surface area contributed by atoms with E-state index < -0.39 is 0 Å². The van der Waals surface area contributed by atoms with Crippen molar-refractivity contribution in [2.75, 3.05) is 50.7 Å². The molecule has 0 amide bonds. The van der Waals surface area contributed by atoms with Crippen molar-refractivity contribution in [3.8, 4) is 0 Å². The van der Waals surface area contributed by atoms with Gasteiger partial charge in [-0.15, -0.1) is 0 Å². The molecule has 0 saturated carbocycles. The first-order valence-electron chi connectivity index (χ1n) is 5.33. The third-order valence-electron chi connectivity index (χ3n) is 2.21. The monoisotopic (exact) mass is 258 g/mol. The number of hydrazine groups is 1. The Labute approximate surface area is 105 Å². The highest BCUT2D eigenvalue weighted by atomic mass is 35.5. The standard InChI is InChI=1S/C9H15ClN6O/c1-15(2)14-8-11-7(10)12-9(13-8)16-3-5-17-6-4-16/h3-6H2,1-2H3,(H,11,12,13,14). The molecule has 0 bridgehead atoms. The van der Waals surface area contributed by atoms with Crippen LogP contribution in [0.5, 0.6) is 0 Å². The van der Waals surface area contributed by atoms with Crippen molar-refractivity contribution >= 4 is 23.5 Å². The molecular weight excluding hydrogens is 244 g/mol. The molecule has 1 fully saturated rings. The Morgan fingerprint density at radius 1 is 1.24 bits per heavy atom. The fraction of sp³-hybridized carbons (Fsp3) is 0.667. The molecule has 1 aromatic rings. The van der Waals surface area contributed by atoms with Crippen LogP contribution in [0.15, 0.2) is 0 Å². The molecule has 0 unspecified atom stereocenters. The minimum absolute atomic E-state index is 0.186. The quantitative estimate of drug-likeness (QED) is 0.780. The number of aromatic nitrogens is 3. The van der Waals surface area contributed by atoms with E-state index in [9.17, 15) is 0 Å². The molecular formula is C9H15ClN6O. The molecule has 0 aliphatic carbocycles. The molecule has 17 heavy (non-hydrogen) atoms. The molecule has 1 saturated heterocycles. The molecule has 0 atom stereocenters. The molecule has 8 heteroatoms. The van der Waals surface area contributed by atoms with Crippen LogP contribution in [0, 0.1) is 0 Å². The molecule has 2 rings (SSSR count). The average Bonchev–Trinajstić information content (AvgIpc) is 2.28. The zero-order valence-corrected chi connectivity index (χ0v) is 10.6. The van der Waals surface area contributed by atoms with Crippen molar-refractivity contribution in [1.29, 1.82) is 0 Å². The first-order valence-corrected chi connectivity index (χ1v) is 5.71. The van der Waals surface area contributed by atoms with Gasteiger partial charge in [-0.1, -0.05) is 0 Å². The SMILES string of the molecule is CN(C)Nc1nc(Cl)nc(N2CCOCC2)n1. The normalized spacial score (nSPS) is 16.4. The van der Waals surface area contributed by atoms with Gasteiger partial charge in [0.1, 0.15) is 0 Å². The number of hydrogen-bond acceptors (Lipinski definition) is 7. The molecule has 0 spiro atoms. The molecule has 1 aromatic heterocycles. The largest absolute Gasteiger partial charge is 0.378 e. The van der Waals surface area contributed by atoms with Gasteiger partial charge < -0.3 is 9.64 Å². The van der Waals surface area contributed by atoms with Crippen LogP contribution >= 0.6 is 11.6 Å². The zero-order chi connectivity index (χ0) is 12.3. The fourth-order valence-electron chi connectivity index (χ4n) is 1.49. The predicted molar refractivity (Wildman–Crippen MR) is 65.2 cm³/mol. The van der Waals surface area contributed by atoms with Crippen LogP contribution in [-0.4, -0.2) is 60.4 Å². The lowest BCUT2D eigenvalue weighted by molar-refractivity contribution is 0.122. The number of halogens is 1. The Hall–Kier alpha value is -1.18. The van der Waals surface area contributed by atoms with E-state index in [0.29, 0.717) is 25.1 Å². The number of nitrogens with one attached hydrogen (secondary N) is 1. The Morgan fingerprint density at radius 2 is 1.94 bits per heavy atom. The van der Waals surface area contributed by atoms with Crippen LogP contribution in [0.25, 0.3) is 0 Å². The van der Waals surface area contributed by atoms with Gasteiger partial charge >= 0.3 is 0 Å². The van der Waals surface area contributed by atoms with E-state index in [2.05, 4.69) is 20.4 Å². The summed E-state index contributed by atoms with van der Waals surface area (Å²) in [6, 6.07) is 0. The maximum absolute atomic E-state index is 5.87. The first kappa shape index (κ1) is 12.3. The Bertz CT molecular complexity index is 382. The van der Waals surface area contributed by atoms with Gasteiger partial charge in [0.2, 0.25) is 17.2 Å². The van der Waals surface area contributed by atoms with Crippen molar-refractivity contribution < 1.29 is 4.74 Å². The van der Waals surface area contributed by atoms with Gasteiger partial charge in [0, 0.05) is 27.2 Å². The van der Waals surface area contributed by atoms with E-state index >= 15 is 0 Å². The van der Waals surface area contributed by atoms with Gasteiger partial charge in [-0.25, -0.2) is 5.01 Å². The number of nitrogens with zero attached hydrogens (tertiary/aromatic N) is 5. The van der Waals surface area contributed by atoms with Gasteiger partial charge in [0.15, 0.2) is 0 Å². The van der Waals surface area contributed by atoms with Gasteiger partial charge in [0.25, 0.3) is 0 Å². The van der Waals surface area contributed by atoms with Crippen LogP contribution in [-0.2, 0) is 4.74 Å². The number of rotatable bonds is 3. The average molecular weight is 259 g/mol. The molecule has 94 valence electrons. The van der Waals surface area contributed by atoms with Crippen molar-refractivity contribution in [2.45, 2.75) is 0 Å². The van der Waals surface area contributed by atoms with Crippen molar-refractivity contribution in [3.63, 3.8) is 0 Å². The van der Waals surface area contributed by atoms with E-state index in [4.69, 9.17) is 16.3 Å². The van der Waals surface area contributed by atoms with Crippen LogP contribution in [0.2, 0.25) is 5.28 Å². The van der Waals surface area contributed by atoms with E-state index in [1.54, 1.807) is 5.01 Å². The molecule has 1 N–H and O–H groups in total. The lowest BCUT2D eigenvalue weighted by atomic mass is 10.4. The van der Waals surface area contributed by atoms with Gasteiger partial charge in [-0.2, -0.15) is 15.0 Å². The minimum atomic E-state index is 0.186. The lowest BCUT2D eigenvalue weighted by Crippen LogP contribution is -2.37. The Balaban J connectivity index is 2.18. The smallest absolute Gasteiger partial charge is 0.243 e. The lowest BCUT2D eigenvalue weighted by Gasteiger charge is -2.27. The van der Waals surface area contributed by atoms with Gasteiger partial charge in [-0.05, 0) is 11.6 Å². The van der Waals surface area contributed by atoms with Crippen molar-refractivity contribution in [3.05, 3.63) is 5.28 Å². The number of morpholine rings is 1. The second-order valence-electron chi connectivity index (χ2n) is 3.83. The second-order valence-corrected chi connectivity index (χ2v) is 4.17. The molecule has 1 aliphatic rings. The third kappa shape index (κ3) is 3.39. The first-order chi connectivity index (χ1) is 8.15. The maximum Gasteiger partial charge on any atom is 0.243 e. The topological polar surface area (TPSA) is 66.4 Å². The highest BCUT2D eigenvalue weighted by Crippen LogP contribution is 2.14. The summed E-state index contributed by atoms with van der Waals surface area (Å²) in [5.74, 6) is 1.02. The molecule has 2 heterocycles. The molecule has 0 aromatic carbocycles. The summed E-state index contributed by atoms with van der Waals surface area (Å²) in [4.78, 5) is 14.5. The van der Waals surface area contributed by atoms with Crippen LogP contribution in [0.4, 0.5) is 11.9 Å². The Morgan fingerprint density at radius 3 is 2.59 bits per heavy atom. The van der Waals surface area contributed by atoms with Gasteiger partial charge in [0.05, 0.1) is 13.2 Å². The summed E-state index contributed by atoms with van der Waals surface area (Å²) in [5.41, 5.74) is 2.95. The third-order valence-corrected chi connectivity index (χ3v) is 2.38. The minimum Gasteiger partial charge on any atom is -0.378 e. The van der Waals surface area contributed by atoms with Crippen molar-refractivity contribution in [1.82, 2.24) is 20.0 Å².